The quantitative estimate of drug-likeness (QED) is 0.619. The Kier molecular flexibility index (Phi) is 4.92. The monoisotopic (exact) mass is 320 g/mol. The zero-order valence-electron chi connectivity index (χ0n) is 12.0. The Hall–Kier alpha value is -3.36. The topological polar surface area (TPSA) is 112 Å². The second kappa shape index (κ2) is 7.07. The predicted octanol–water partition coefficient (Wildman–Crippen LogP) is 1.02. The number of furan rings is 1. The Morgan fingerprint density at radius 1 is 0.913 bits per heavy atom. The van der Waals surface area contributed by atoms with Crippen LogP contribution in [-0.4, -0.2) is 17.8 Å². The predicted molar refractivity (Wildman–Crippen MR) is 76.4 cm³/mol. The van der Waals surface area contributed by atoms with Gasteiger partial charge in [-0.2, -0.15) is 0 Å². The number of benzene rings is 1. The lowest BCUT2D eigenvalue weighted by Gasteiger charge is -2.09. The molecule has 0 aliphatic heterocycles. The molecule has 4 N–H and O–H groups in total. The van der Waals surface area contributed by atoms with E-state index in [2.05, 4.69) is 10.9 Å². The molecule has 0 aliphatic rings. The number of nitrogens with one attached hydrogen (secondary N) is 4. The third-order valence-corrected chi connectivity index (χ3v) is 2.79. The summed E-state index contributed by atoms with van der Waals surface area (Å²) in [6.07, 6.45) is 1.34. The number of aryl methyl sites for hydroxylation is 1. The molecule has 1 aromatic carbocycles. The van der Waals surface area contributed by atoms with Gasteiger partial charge < -0.3 is 4.42 Å². The fraction of sp³-hybridized carbons (Fsp3) is 0.0714. The van der Waals surface area contributed by atoms with Crippen LogP contribution in [0.25, 0.3) is 0 Å². The molecule has 8 nitrogen and oxygen atoms in total. The SMILES string of the molecule is Cc1occc1C(=O)NNC(=O)NNC(=O)c1ccc(F)cc1. The van der Waals surface area contributed by atoms with Gasteiger partial charge in [-0.25, -0.2) is 20.0 Å². The first-order valence-corrected chi connectivity index (χ1v) is 6.43. The summed E-state index contributed by atoms with van der Waals surface area (Å²) in [6, 6.07) is 5.32. The van der Waals surface area contributed by atoms with Crippen molar-refractivity contribution in [1.82, 2.24) is 21.7 Å². The number of carbonyl (C=O) groups is 3. The van der Waals surface area contributed by atoms with Gasteiger partial charge in [-0.15, -0.1) is 0 Å². The third-order valence-electron chi connectivity index (χ3n) is 2.79. The fourth-order valence-electron chi connectivity index (χ4n) is 1.62. The van der Waals surface area contributed by atoms with Crippen molar-refractivity contribution in [3.8, 4) is 0 Å². The minimum Gasteiger partial charge on any atom is -0.469 e. The number of halogens is 1. The van der Waals surface area contributed by atoms with Gasteiger partial charge in [0.05, 0.1) is 11.8 Å². The summed E-state index contributed by atoms with van der Waals surface area (Å²) in [7, 11) is 0. The second-order valence-electron chi connectivity index (χ2n) is 4.38. The van der Waals surface area contributed by atoms with E-state index in [4.69, 9.17) is 4.42 Å². The van der Waals surface area contributed by atoms with Crippen LogP contribution in [0.2, 0.25) is 0 Å². The lowest BCUT2D eigenvalue weighted by atomic mass is 10.2. The maximum atomic E-state index is 12.7. The number of rotatable bonds is 2. The zero-order chi connectivity index (χ0) is 16.8. The summed E-state index contributed by atoms with van der Waals surface area (Å²) >= 11 is 0. The molecule has 2 aromatic rings. The number of carbonyl (C=O) groups excluding carboxylic acids is 3. The molecule has 23 heavy (non-hydrogen) atoms. The lowest BCUT2D eigenvalue weighted by molar-refractivity contribution is 0.0928. The van der Waals surface area contributed by atoms with E-state index in [9.17, 15) is 18.8 Å². The van der Waals surface area contributed by atoms with Crippen LogP contribution in [0.15, 0.2) is 41.0 Å². The van der Waals surface area contributed by atoms with Crippen molar-refractivity contribution in [2.24, 2.45) is 0 Å². The molecule has 0 bridgehead atoms. The van der Waals surface area contributed by atoms with Gasteiger partial charge in [-0.1, -0.05) is 0 Å². The van der Waals surface area contributed by atoms with E-state index in [-0.39, 0.29) is 11.1 Å². The van der Waals surface area contributed by atoms with Crippen LogP contribution in [0.5, 0.6) is 0 Å². The first-order valence-electron chi connectivity index (χ1n) is 6.43. The van der Waals surface area contributed by atoms with Gasteiger partial charge >= 0.3 is 6.03 Å². The average molecular weight is 320 g/mol. The molecule has 0 unspecified atom stereocenters. The molecule has 4 amide bonds. The van der Waals surface area contributed by atoms with E-state index in [1.807, 2.05) is 10.9 Å². The average Bonchev–Trinajstić information content (AvgIpc) is 2.97. The van der Waals surface area contributed by atoms with Gasteiger partial charge in [-0.3, -0.25) is 20.4 Å². The number of hydrogen-bond donors (Lipinski definition) is 4. The highest BCUT2D eigenvalue weighted by atomic mass is 19.1. The van der Waals surface area contributed by atoms with Crippen LogP contribution in [-0.2, 0) is 0 Å². The highest BCUT2D eigenvalue weighted by Crippen LogP contribution is 2.07. The molecule has 0 saturated carbocycles. The van der Waals surface area contributed by atoms with Crippen LogP contribution < -0.4 is 21.7 Å². The Bertz CT molecular complexity index is 727. The fourth-order valence-corrected chi connectivity index (χ4v) is 1.62. The highest BCUT2D eigenvalue weighted by molar-refractivity contribution is 5.97. The van der Waals surface area contributed by atoms with Gasteiger partial charge in [0.2, 0.25) is 0 Å². The Balaban J connectivity index is 1.77. The Labute approximate surface area is 130 Å². The molecule has 1 heterocycles. The number of hydrogen-bond acceptors (Lipinski definition) is 4. The summed E-state index contributed by atoms with van der Waals surface area (Å²) in [4.78, 5) is 34.8. The highest BCUT2D eigenvalue weighted by Gasteiger charge is 2.12. The van der Waals surface area contributed by atoms with Crippen LogP contribution in [0.1, 0.15) is 26.5 Å². The Morgan fingerprint density at radius 2 is 1.52 bits per heavy atom. The van der Waals surface area contributed by atoms with Gasteiger partial charge in [0, 0.05) is 5.56 Å². The van der Waals surface area contributed by atoms with Crippen molar-refractivity contribution in [3.63, 3.8) is 0 Å². The number of urea groups is 1. The Morgan fingerprint density at radius 3 is 2.09 bits per heavy atom. The molecule has 120 valence electrons. The number of hydrazine groups is 2. The molecule has 1 aromatic heterocycles. The lowest BCUT2D eigenvalue weighted by Crippen LogP contribution is -2.52. The third kappa shape index (κ3) is 4.30. The van der Waals surface area contributed by atoms with E-state index in [1.165, 1.54) is 24.5 Å². The van der Waals surface area contributed by atoms with Crippen LogP contribution in [0.4, 0.5) is 9.18 Å². The molecular weight excluding hydrogens is 307 g/mol. The molecule has 9 heteroatoms. The molecule has 0 aliphatic carbocycles. The molecule has 0 fully saturated rings. The summed E-state index contributed by atoms with van der Waals surface area (Å²) in [6.45, 7) is 1.60. The number of amides is 4. The summed E-state index contributed by atoms with van der Waals surface area (Å²) < 4.78 is 17.7. The van der Waals surface area contributed by atoms with E-state index in [1.54, 1.807) is 6.92 Å². The standard InChI is InChI=1S/C14H13FN4O4/c1-8-11(6-7-23-8)13(21)17-19-14(22)18-16-12(20)9-2-4-10(15)5-3-9/h2-7H,1H3,(H,16,20)(H,17,21)(H2,18,19,22). The van der Waals surface area contributed by atoms with Crippen molar-refractivity contribution in [3.05, 3.63) is 59.3 Å². The minimum absolute atomic E-state index is 0.157. The summed E-state index contributed by atoms with van der Waals surface area (Å²) in [5, 5.41) is 0. The van der Waals surface area contributed by atoms with Gasteiger partial charge in [0.1, 0.15) is 11.6 Å². The van der Waals surface area contributed by atoms with E-state index >= 15 is 0 Å². The van der Waals surface area contributed by atoms with Crippen LogP contribution in [0.3, 0.4) is 0 Å². The van der Waals surface area contributed by atoms with Gasteiger partial charge in [0.25, 0.3) is 11.8 Å². The first kappa shape index (κ1) is 16.0. The second-order valence-corrected chi connectivity index (χ2v) is 4.38. The maximum Gasteiger partial charge on any atom is 0.352 e. The largest absolute Gasteiger partial charge is 0.469 e. The summed E-state index contributed by atoms with van der Waals surface area (Å²) in [5.41, 5.74) is 8.73. The van der Waals surface area contributed by atoms with Crippen molar-refractivity contribution in [2.75, 3.05) is 0 Å². The van der Waals surface area contributed by atoms with Crippen molar-refractivity contribution in [2.45, 2.75) is 6.92 Å². The minimum atomic E-state index is -0.866. The van der Waals surface area contributed by atoms with Gasteiger partial charge in [-0.05, 0) is 37.3 Å². The van der Waals surface area contributed by atoms with Crippen molar-refractivity contribution >= 4 is 17.8 Å². The molecule has 0 atom stereocenters. The maximum absolute atomic E-state index is 12.7. The van der Waals surface area contributed by atoms with Gasteiger partial charge in [0.15, 0.2) is 0 Å². The molecule has 0 radical (unpaired) electrons. The molecular formula is C14H13FN4O4. The van der Waals surface area contributed by atoms with Crippen LogP contribution >= 0.6 is 0 Å². The van der Waals surface area contributed by atoms with Crippen molar-refractivity contribution < 1.29 is 23.2 Å². The smallest absolute Gasteiger partial charge is 0.352 e. The first-order chi connectivity index (χ1) is 11.0. The molecule has 2 rings (SSSR count). The van der Waals surface area contributed by atoms with Crippen molar-refractivity contribution in [1.29, 1.82) is 0 Å². The van der Waals surface area contributed by atoms with Crippen LogP contribution in [0, 0.1) is 12.7 Å². The normalized spacial score (nSPS) is 9.83. The van der Waals surface area contributed by atoms with E-state index < -0.39 is 23.7 Å². The molecule has 0 spiro atoms. The zero-order valence-corrected chi connectivity index (χ0v) is 12.0. The van der Waals surface area contributed by atoms with E-state index in [0.717, 1.165) is 12.1 Å². The molecule has 0 saturated heterocycles. The summed E-state index contributed by atoms with van der Waals surface area (Å²) in [5.74, 6) is -1.30. The van der Waals surface area contributed by atoms with E-state index in [0.29, 0.717) is 5.76 Å².